The Morgan fingerprint density at radius 2 is 1.77 bits per heavy atom. The number of hydrogen-bond donors (Lipinski definition) is 3. The molecule has 1 aliphatic heterocycles. The number of hydrogen-bond acceptors (Lipinski definition) is 4. The Morgan fingerprint density at radius 1 is 1.10 bits per heavy atom. The van der Waals surface area contributed by atoms with Crippen molar-refractivity contribution < 1.29 is 36.3 Å². The number of amides is 3. The number of rotatable bonds is 9. The zero-order valence-corrected chi connectivity index (χ0v) is 21.6. The van der Waals surface area contributed by atoms with Gasteiger partial charge in [0.1, 0.15) is 0 Å². The van der Waals surface area contributed by atoms with Crippen LogP contribution < -0.4 is 16.4 Å². The molecule has 1 saturated carbocycles. The number of aliphatic imine (C=N–C) groups is 1. The van der Waals surface area contributed by atoms with Gasteiger partial charge in [-0.2, -0.15) is 13.2 Å². The fraction of sp³-hybridized carbons (Fsp3) is 0.429. The number of nitrogens with zero attached hydrogens (tertiary/aromatic N) is 1. The second kappa shape index (κ2) is 11.3. The lowest BCUT2D eigenvalue weighted by Gasteiger charge is -2.38. The molecule has 1 aliphatic carbocycles. The fourth-order valence-electron chi connectivity index (χ4n) is 5.27. The van der Waals surface area contributed by atoms with E-state index in [1.165, 1.54) is 0 Å². The highest BCUT2D eigenvalue weighted by molar-refractivity contribution is 6.20. The Balaban J connectivity index is 1.66. The van der Waals surface area contributed by atoms with Crippen molar-refractivity contribution in [2.24, 2.45) is 28.5 Å². The van der Waals surface area contributed by atoms with Crippen LogP contribution in [0.4, 0.5) is 27.6 Å². The van der Waals surface area contributed by atoms with Gasteiger partial charge in [-0.15, -0.1) is 0 Å². The molecule has 4 rings (SSSR count). The summed E-state index contributed by atoms with van der Waals surface area (Å²) in [6.45, 7) is 1.77. The molecule has 0 radical (unpaired) electrons. The predicted molar refractivity (Wildman–Crippen MR) is 138 cm³/mol. The van der Waals surface area contributed by atoms with Crippen LogP contribution in [0.3, 0.4) is 0 Å². The van der Waals surface area contributed by atoms with Crippen LogP contribution in [0.2, 0.25) is 0 Å². The molecule has 4 N–H and O–H groups in total. The molecule has 12 heteroatoms. The number of benzene rings is 2. The first-order valence-corrected chi connectivity index (χ1v) is 12.8. The highest BCUT2D eigenvalue weighted by Crippen LogP contribution is 2.46. The molecule has 2 aromatic rings. The Morgan fingerprint density at radius 3 is 2.38 bits per heavy atom. The van der Waals surface area contributed by atoms with Crippen LogP contribution in [-0.4, -0.2) is 41.7 Å². The number of anilines is 1. The summed E-state index contributed by atoms with van der Waals surface area (Å²) in [7, 11) is 0. The molecule has 0 aromatic heterocycles. The van der Waals surface area contributed by atoms with Crippen LogP contribution >= 0.6 is 0 Å². The lowest BCUT2D eigenvalue weighted by Crippen LogP contribution is -2.49. The van der Waals surface area contributed by atoms with E-state index < -0.39 is 79.4 Å². The van der Waals surface area contributed by atoms with Gasteiger partial charge in [-0.1, -0.05) is 48.5 Å². The van der Waals surface area contributed by atoms with Gasteiger partial charge in [-0.25, -0.2) is 13.8 Å². The van der Waals surface area contributed by atoms with Crippen LogP contribution in [0.15, 0.2) is 53.5 Å². The zero-order valence-electron chi connectivity index (χ0n) is 21.6. The summed E-state index contributed by atoms with van der Waals surface area (Å²) in [5.41, 5.74) is 8.21. The number of halogens is 5. The minimum Gasteiger partial charge on any atom is -0.369 e. The summed E-state index contributed by atoms with van der Waals surface area (Å²) in [5.74, 6) is -9.49. The SMILES string of the molecule is Cc1cccc2c1NC(=O)[C@@H](NC(=O)[C@H](CCC(F)(F)F)[C@H](CC1CC(F)(F)C1)C(N)=O)N=C2c1ccccc1. The van der Waals surface area contributed by atoms with Crippen LogP contribution in [-0.2, 0) is 14.4 Å². The average Bonchev–Trinajstić information content (AvgIpc) is 2.99. The smallest absolute Gasteiger partial charge is 0.369 e. The Labute approximate surface area is 227 Å². The molecule has 0 spiro atoms. The van der Waals surface area contributed by atoms with Crippen molar-refractivity contribution in [1.29, 1.82) is 0 Å². The van der Waals surface area contributed by atoms with Gasteiger partial charge in [0.05, 0.1) is 11.4 Å². The molecule has 2 aromatic carbocycles. The molecule has 0 unspecified atom stereocenters. The second-order valence-electron chi connectivity index (χ2n) is 10.4. The van der Waals surface area contributed by atoms with Gasteiger partial charge in [0.15, 0.2) is 0 Å². The number of aryl methyl sites for hydroxylation is 1. The number of nitrogens with one attached hydrogen (secondary N) is 2. The van der Waals surface area contributed by atoms with Crippen molar-refractivity contribution in [1.82, 2.24) is 5.32 Å². The van der Waals surface area contributed by atoms with Gasteiger partial charge >= 0.3 is 6.18 Å². The first kappa shape index (κ1) is 29.2. The van der Waals surface area contributed by atoms with E-state index >= 15 is 0 Å². The molecule has 3 atom stereocenters. The van der Waals surface area contributed by atoms with Gasteiger partial charge in [-0.05, 0) is 31.2 Å². The summed E-state index contributed by atoms with van der Waals surface area (Å²) in [6.07, 6.45) is -9.77. The molecule has 3 amide bonds. The molecule has 214 valence electrons. The fourth-order valence-corrected chi connectivity index (χ4v) is 5.27. The number of fused-ring (bicyclic) bond motifs is 1. The maximum Gasteiger partial charge on any atom is 0.389 e. The van der Waals surface area contributed by atoms with E-state index in [9.17, 15) is 36.3 Å². The molecular weight excluding hydrogens is 535 g/mol. The van der Waals surface area contributed by atoms with E-state index in [-0.39, 0.29) is 6.42 Å². The maximum atomic E-state index is 13.4. The quantitative estimate of drug-likeness (QED) is 0.383. The lowest BCUT2D eigenvalue weighted by atomic mass is 9.72. The Bertz CT molecular complexity index is 1300. The Kier molecular flexibility index (Phi) is 8.27. The third-order valence-corrected chi connectivity index (χ3v) is 7.30. The highest BCUT2D eigenvalue weighted by atomic mass is 19.4. The minimum atomic E-state index is -4.65. The molecule has 40 heavy (non-hydrogen) atoms. The van der Waals surface area contributed by atoms with Crippen molar-refractivity contribution in [2.45, 2.75) is 57.3 Å². The van der Waals surface area contributed by atoms with Crippen molar-refractivity contribution in [3.63, 3.8) is 0 Å². The van der Waals surface area contributed by atoms with E-state index in [0.717, 1.165) is 5.56 Å². The van der Waals surface area contributed by atoms with Crippen LogP contribution in [0.5, 0.6) is 0 Å². The number of benzodiazepines with no additional fused rings is 1. The Hall–Kier alpha value is -3.83. The summed E-state index contributed by atoms with van der Waals surface area (Å²) in [6, 6.07) is 14.1. The maximum absolute atomic E-state index is 13.4. The van der Waals surface area contributed by atoms with Gasteiger partial charge in [0, 0.05) is 42.2 Å². The third kappa shape index (κ3) is 6.83. The average molecular weight is 565 g/mol. The molecule has 2 aliphatic rings. The zero-order chi connectivity index (χ0) is 29.2. The summed E-state index contributed by atoms with van der Waals surface area (Å²) >= 11 is 0. The molecule has 1 fully saturated rings. The molecular formula is C28H29F5N4O3. The number of nitrogens with two attached hydrogens (primary N) is 1. The van der Waals surface area contributed by atoms with E-state index in [0.29, 0.717) is 22.5 Å². The number of alkyl halides is 5. The monoisotopic (exact) mass is 564 g/mol. The van der Waals surface area contributed by atoms with E-state index in [1.54, 1.807) is 55.5 Å². The first-order chi connectivity index (χ1) is 18.7. The van der Waals surface area contributed by atoms with Gasteiger partial charge < -0.3 is 16.4 Å². The molecule has 0 saturated heterocycles. The van der Waals surface area contributed by atoms with E-state index in [4.69, 9.17) is 5.73 Å². The number of para-hydroxylation sites is 1. The standard InChI is InChI=1S/C28H29F5N4O3/c1-15-6-5-9-19-21(15)36-26(40)24(35-22(19)17-7-3-2-4-8-17)37-25(39)18(10-11-28(31,32)33)20(23(34)38)12-16-13-27(29,30)14-16/h2-9,16,18,20,24H,10-14H2,1H3,(H2,34,38)(H,36,40)(H,37,39)/t18-,20+,24-/m1/s1. The molecule has 1 heterocycles. The first-order valence-electron chi connectivity index (χ1n) is 12.8. The molecule has 0 bridgehead atoms. The molecule has 7 nitrogen and oxygen atoms in total. The number of primary amides is 1. The summed E-state index contributed by atoms with van der Waals surface area (Å²) in [5, 5.41) is 5.13. The van der Waals surface area contributed by atoms with Crippen LogP contribution in [0.25, 0.3) is 0 Å². The largest absolute Gasteiger partial charge is 0.389 e. The van der Waals surface area contributed by atoms with Crippen molar-refractivity contribution in [3.8, 4) is 0 Å². The van der Waals surface area contributed by atoms with E-state index in [2.05, 4.69) is 15.6 Å². The summed E-state index contributed by atoms with van der Waals surface area (Å²) in [4.78, 5) is 43.4. The van der Waals surface area contributed by atoms with Gasteiger partial charge in [-0.3, -0.25) is 14.4 Å². The predicted octanol–water partition coefficient (Wildman–Crippen LogP) is 4.72. The van der Waals surface area contributed by atoms with Crippen LogP contribution in [0.1, 0.15) is 48.8 Å². The van der Waals surface area contributed by atoms with Gasteiger partial charge in [0.2, 0.25) is 23.9 Å². The number of carbonyl (C=O) groups excluding carboxylic acids is 3. The van der Waals surface area contributed by atoms with Gasteiger partial charge in [0.25, 0.3) is 5.91 Å². The van der Waals surface area contributed by atoms with Crippen LogP contribution in [0, 0.1) is 24.7 Å². The van der Waals surface area contributed by atoms with E-state index in [1.807, 2.05) is 0 Å². The normalized spacial score (nSPS) is 20.2. The van der Waals surface area contributed by atoms with Crippen molar-refractivity contribution >= 4 is 29.1 Å². The van der Waals surface area contributed by atoms with Crippen molar-refractivity contribution in [2.75, 3.05) is 5.32 Å². The number of carbonyl (C=O) groups is 3. The highest BCUT2D eigenvalue weighted by Gasteiger charge is 2.48. The summed E-state index contributed by atoms with van der Waals surface area (Å²) < 4.78 is 66.3. The lowest BCUT2D eigenvalue weighted by molar-refractivity contribution is -0.149. The van der Waals surface area contributed by atoms with Crippen molar-refractivity contribution in [3.05, 3.63) is 65.2 Å². The third-order valence-electron chi connectivity index (χ3n) is 7.30. The second-order valence-corrected chi connectivity index (χ2v) is 10.4. The minimum absolute atomic E-state index is 0.263. The topological polar surface area (TPSA) is 114 Å².